The van der Waals surface area contributed by atoms with E-state index in [4.69, 9.17) is 4.98 Å². The first-order valence-corrected chi connectivity index (χ1v) is 11.6. The summed E-state index contributed by atoms with van der Waals surface area (Å²) >= 11 is 1.57. The minimum atomic E-state index is -0.110. The van der Waals surface area contributed by atoms with E-state index >= 15 is 0 Å². The number of imidazole rings is 1. The Morgan fingerprint density at radius 1 is 1.06 bits per heavy atom. The molecular weight excluding hydrogens is 434 g/mol. The number of carbonyl (C=O) groups is 2. The molecule has 0 radical (unpaired) electrons. The van der Waals surface area contributed by atoms with Gasteiger partial charge >= 0.3 is 0 Å². The molecule has 166 valence electrons. The Morgan fingerprint density at radius 2 is 1.85 bits per heavy atom. The Bertz CT molecular complexity index is 1480. The predicted molar refractivity (Wildman–Crippen MR) is 130 cm³/mol. The van der Waals surface area contributed by atoms with Crippen LogP contribution in [0.1, 0.15) is 39.1 Å². The van der Waals surface area contributed by atoms with Gasteiger partial charge in [0.1, 0.15) is 0 Å². The molecule has 7 nitrogen and oxygen atoms in total. The lowest BCUT2D eigenvalue weighted by Crippen LogP contribution is -2.17. The van der Waals surface area contributed by atoms with Crippen LogP contribution in [0.15, 0.2) is 61.1 Å². The van der Waals surface area contributed by atoms with Crippen molar-refractivity contribution in [3.05, 3.63) is 77.7 Å². The van der Waals surface area contributed by atoms with Crippen molar-refractivity contribution >= 4 is 38.2 Å². The average molecular weight is 458 g/mol. The zero-order chi connectivity index (χ0) is 22.9. The topological polar surface area (TPSA) is 81.3 Å². The molecule has 0 unspecified atom stereocenters. The van der Waals surface area contributed by atoms with Gasteiger partial charge in [0.15, 0.2) is 10.7 Å². The second-order valence-corrected chi connectivity index (χ2v) is 9.03. The lowest BCUT2D eigenvalue weighted by molar-refractivity contribution is 0.0960. The van der Waals surface area contributed by atoms with Gasteiger partial charge in [-0.15, -0.1) is 0 Å². The molecule has 0 bridgehead atoms. The first kappa shape index (κ1) is 21.1. The number of nitrogens with zero attached hydrogens (tertiary/aromatic N) is 4. The minimum absolute atomic E-state index is 0.110. The van der Waals surface area contributed by atoms with Crippen LogP contribution < -0.4 is 5.32 Å². The van der Waals surface area contributed by atoms with E-state index in [9.17, 15) is 9.59 Å². The number of fused-ring (bicyclic) bond motifs is 3. The molecule has 0 fully saturated rings. The zero-order valence-corrected chi connectivity index (χ0v) is 19.2. The summed E-state index contributed by atoms with van der Waals surface area (Å²) in [6.07, 6.45) is 8.00. The fourth-order valence-electron chi connectivity index (χ4n) is 3.95. The van der Waals surface area contributed by atoms with Crippen LogP contribution in [0.4, 0.5) is 0 Å². The smallest absolute Gasteiger partial charge is 0.251 e. The Hall–Kier alpha value is -3.78. The number of rotatable bonds is 7. The first-order chi connectivity index (χ1) is 16.0. The Labute approximate surface area is 194 Å². The second kappa shape index (κ2) is 8.63. The van der Waals surface area contributed by atoms with Crippen molar-refractivity contribution in [3.8, 4) is 11.3 Å². The SMILES string of the molecule is CNC(=O)c1ccc(-c2cn3c(n2)sc2cc(C(=O)CCCc4cnn(C)c4)ccc23)cc1. The van der Waals surface area contributed by atoms with Gasteiger partial charge in [0, 0.05) is 49.6 Å². The van der Waals surface area contributed by atoms with E-state index in [0.717, 1.165) is 50.4 Å². The van der Waals surface area contributed by atoms with Gasteiger partial charge in [-0.05, 0) is 48.7 Å². The van der Waals surface area contributed by atoms with Gasteiger partial charge in [-0.3, -0.25) is 18.7 Å². The van der Waals surface area contributed by atoms with E-state index < -0.39 is 0 Å². The summed E-state index contributed by atoms with van der Waals surface area (Å²) in [5.74, 6) is 0.0459. The molecule has 5 aromatic rings. The number of carbonyl (C=O) groups excluding carboxylic acids is 2. The maximum Gasteiger partial charge on any atom is 0.251 e. The summed E-state index contributed by atoms with van der Waals surface area (Å²) in [6, 6.07) is 13.3. The molecule has 0 saturated heterocycles. The van der Waals surface area contributed by atoms with Crippen LogP contribution in [0.2, 0.25) is 0 Å². The van der Waals surface area contributed by atoms with Gasteiger partial charge in [0.2, 0.25) is 0 Å². The summed E-state index contributed by atoms with van der Waals surface area (Å²) < 4.78 is 4.87. The standard InChI is InChI=1S/C25H23N5O2S/c1-26-24(32)18-8-6-17(7-9-18)20-15-30-21-11-10-19(12-23(21)33-25(30)28-20)22(31)5-3-4-16-13-27-29(2)14-16/h6-15H,3-5H2,1-2H3,(H,26,32). The zero-order valence-electron chi connectivity index (χ0n) is 18.4. The predicted octanol–water partition coefficient (Wildman–Crippen LogP) is 4.51. The molecule has 0 spiro atoms. The van der Waals surface area contributed by atoms with E-state index in [2.05, 4.69) is 14.8 Å². The maximum atomic E-state index is 12.7. The van der Waals surface area contributed by atoms with Crippen LogP contribution in [-0.2, 0) is 13.5 Å². The van der Waals surface area contributed by atoms with E-state index in [1.807, 2.05) is 56.0 Å². The Morgan fingerprint density at radius 3 is 2.58 bits per heavy atom. The van der Waals surface area contributed by atoms with Crippen molar-refractivity contribution in [3.63, 3.8) is 0 Å². The molecule has 33 heavy (non-hydrogen) atoms. The van der Waals surface area contributed by atoms with Crippen LogP contribution in [0.3, 0.4) is 0 Å². The monoisotopic (exact) mass is 457 g/mol. The second-order valence-electron chi connectivity index (χ2n) is 8.02. The third kappa shape index (κ3) is 4.17. The van der Waals surface area contributed by atoms with Crippen LogP contribution in [-0.4, -0.2) is 37.9 Å². The lowest BCUT2D eigenvalue weighted by Gasteiger charge is -2.02. The third-order valence-electron chi connectivity index (χ3n) is 5.71. The highest BCUT2D eigenvalue weighted by Gasteiger charge is 2.14. The van der Waals surface area contributed by atoms with Crippen molar-refractivity contribution in [1.29, 1.82) is 0 Å². The number of nitrogens with one attached hydrogen (secondary N) is 1. The van der Waals surface area contributed by atoms with E-state index in [1.54, 1.807) is 35.2 Å². The van der Waals surface area contributed by atoms with Crippen molar-refractivity contribution in [1.82, 2.24) is 24.5 Å². The first-order valence-electron chi connectivity index (χ1n) is 10.8. The molecule has 3 aromatic heterocycles. The molecule has 1 amide bonds. The normalized spacial score (nSPS) is 11.3. The van der Waals surface area contributed by atoms with Crippen LogP contribution in [0.25, 0.3) is 26.4 Å². The largest absolute Gasteiger partial charge is 0.355 e. The van der Waals surface area contributed by atoms with Gasteiger partial charge in [-0.2, -0.15) is 5.10 Å². The third-order valence-corrected chi connectivity index (χ3v) is 6.73. The minimum Gasteiger partial charge on any atom is -0.355 e. The highest BCUT2D eigenvalue weighted by Crippen LogP contribution is 2.30. The highest BCUT2D eigenvalue weighted by atomic mass is 32.1. The highest BCUT2D eigenvalue weighted by molar-refractivity contribution is 7.23. The number of hydrogen-bond acceptors (Lipinski definition) is 5. The number of aryl methyl sites for hydroxylation is 2. The quantitative estimate of drug-likeness (QED) is 0.365. The lowest BCUT2D eigenvalue weighted by atomic mass is 10.0. The molecule has 3 heterocycles. The molecule has 0 aliphatic carbocycles. The number of amides is 1. The number of aromatic nitrogens is 4. The number of benzene rings is 2. The molecule has 0 saturated carbocycles. The maximum absolute atomic E-state index is 12.7. The average Bonchev–Trinajstić information content (AvgIpc) is 3.52. The number of thiazole rings is 1. The summed E-state index contributed by atoms with van der Waals surface area (Å²) in [4.78, 5) is 30.1. The van der Waals surface area contributed by atoms with Gasteiger partial charge in [-0.25, -0.2) is 4.98 Å². The van der Waals surface area contributed by atoms with Crippen molar-refractivity contribution in [2.24, 2.45) is 7.05 Å². The summed E-state index contributed by atoms with van der Waals surface area (Å²) in [5, 5.41) is 6.80. The van der Waals surface area contributed by atoms with Crippen molar-refractivity contribution in [2.45, 2.75) is 19.3 Å². The summed E-state index contributed by atoms with van der Waals surface area (Å²) in [6.45, 7) is 0. The van der Waals surface area contributed by atoms with E-state index in [1.165, 1.54) is 0 Å². The summed E-state index contributed by atoms with van der Waals surface area (Å²) in [5.41, 5.74) is 5.34. The fraction of sp³-hybridized carbons (Fsp3) is 0.200. The summed E-state index contributed by atoms with van der Waals surface area (Å²) in [7, 11) is 3.51. The molecule has 0 aliphatic heterocycles. The van der Waals surface area contributed by atoms with Gasteiger partial charge in [-0.1, -0.05) is 23.5 Å². The number of ketones is 1. The number of hydrogen-bond donors (Lipinski definition) is 1. The molecule has 1 N–H and O–H groups in total. The molecule has 2 aromatic carbocycles. The van der Waals surface area contributed by atoms with E-state index in [0.29, 0.717) is 12.0 Å². The van der Waals surface area contributed by atoms with Gasteiger partial charge in [0.05, 0.1) is 22.1 Å². The molecule has 0 atom stereocenters. The van der Waals surface area contributed by atoms with Gasteiger partial charge < -0.3 is 5.32 Å². The van der Waals surface area contributed by atoms with Gasteiger partial charge in [0.25, 0.3) is 5.91 Å². The van der Waals surface area contributed by atoms with Crippen LogP contribution in [0, 0.1) is 0 Å². The molecule has 0 aliphatic rings. The number of Topliss-reactive ketones (excluding diaryl/α,β-unsaturated/α-hetero) is 1. The van der Waals surface area contributed by atoms with E-state index in [-0.39, 0.29) is 11.7 Å². The molecular formula is C25H23N5O2S. The Balaban J connectivity index is 1.33. The van der Waals surface area contributed by atoms with Crippen LogP contribution in [0.5, 0.6) is 0 Å². The van der Waals surface area contributed by atoms with Crippen LogP contribution >= 0.6 is 11.3 Å². The Kier molecular flexibility index (Phi) is 5.51. The molecule has 8 heteroatoms. The molecule has 5 rings (SSSR count). The van der Waals surface area contributed by atoms with Crippen molar-refractivity contribution < 1.29 is 9.59 Å². The fourth-order valence-corrected chi connectivity index (χ4v) is 5.00. The van der Waals surface area contributed by atoms with Crippen molar-refractivity contribution in [2.75, 3.05) is 7.05 Å².